The summed E-state index contributed by atoms with van der Waals surface area (Å²) in [5, 5.41) is 10.8. The van der Waals surface area contributed by atoms with E-state index in [0.29, 0.717) is 0 Å². The van der Waals surface area contributed by atoms with Crippen molar-refractivity contribution >= 4 is 22.8 Å². The summed E-state index contributed by atoms with van der Waals surface area (Å²) in [6.07, 6.45) is -5.46. The lowest BCUT2D eigenvalue weighted by atomic mass is 10.1. The standard InChI is InChI=1S/C15H18F3NO3S/c1-10(20)23-9-12(7-11-5-3-2-4-6-11)19-13(8-14(21)22)15(16,17)18/h2-6,12-13,19H,7-9H2,1H3,(H,21,22)/t12-,13-/m1/s1. The van der Waals surface area contributed by atoms with E-state index in [9.17, 15) is 22.8 Å². The zero-order valence-corrected chi connectivity index (χ0v) is 13.3. The van der Waals surface area contributed by atoms with Crippen LogP contribution in [0.1, 0.15) is 18.9 Å². The predicted molar refractivity (Wildman–Crippen MR) is 82.3 cm³/mol. The number of alkyl halides is 3. The van der Waals surface area contributed by atoms with Crippen LogP contribution >= 0.6 is 11.8 Å². The summed E-state index contributed by atoms with van der Waals surface area (Å²) in [5.74, 6) is -1.39. The number of thioether (sulfide) groups is 1. The third kappa shape index (κ3) is 8.03. The Labute approximate surface area is 136 Å². The molecule has 1 aromatic rings. The van der Waals surface area contributed by atoms with Crippen LogP contribution in [0.15, 0.2) is 30.3 Å². The van der Waals surface area contributed by atoms with Crippen molar-refractivity contribution in [1.29, 1.82) is 0 Å². The molecule has 128 valence electrons. The van der Waals surface area contributed by atoms with Gasteiger partial charge in [-0.15, -0.1) is 0 Å². The van der Waals surface area contributed by atoms with Gasteiger partial charge in [-0.3, -0.25) is 9.59 Å². The highest BCUT2D eigenvalue weighted by Gasteiger charge is 2.41. The molecule has 0 unspecified atom stereocenters. The van der Waals surface area contributed by atoms with Crippen LogP contribution in [0.25, 0.3) is 0 Å². The Morgan fingerprint density at radius 1 is 1.26 bits per heavy atom. The van der Waals surface area contributed by atoms with Crippen molar-refractivity contribution in [3.8, 4) is 0 Å². The second kappa shape index (κ2) is 8.93. The highest BCUT2D eigenvalue weighted by Crippen LogP contribution is 2.24. The smallest absolute Gasteiger partial charge is 0.404 e. The van der Waals surface area contributed by atoms with E-state index in [0.717, 1.165) is 17.3 Å². The zero-order valence-electron chi connectivity index (χ0n) is 12.5. The molecule has 0 aliphatic heterocycles. The molecular formula is C15H18F3NO3S. The molecule has 0 radical (unpaired) electrons. The average molecular weight is 349 g/mol. The fourth-order valence-electron chi connectivity index (χ4n) is 2.01. The number of rotatable bonds is 8. The molecular weight excluding hydrogens is 331 g/mol. The average Bonchev–Trinajstić information content (AvgIpc) is 2.43. The molecule has 0 heterocycles. The fourth-order valence-corrected chi connectivity index (χ4v) is 2.66. The van der Waals surface area contributed by atoms with Gasteiger partial charge >= 0.3 is 12.1 Å². The first-order valence-corrected chi connectivity index (χ1v) is 7.89. The Balaban J connectivity index is 2.84. The molecule has 0 amide bonds. The largest absolute Gasteiger partial charge is 0.481 e. The number of carbonyl (C=O) groups excluding carboxylic acids is 1. The summed E-state index contributed by atoms with van der Waals surface area (Å²) >= 11 is 0.914. The van der Waals surface area contributed by atoms with Crippen molar-refractivity contribution in [1.82, 2.24) is 5.32 Å². The van der Waals surface area contributed by atoms with Gasteiger partial charge in [-0.2, -0.15) is 13.2 Å². The number of hydrogen-bond acceptors (Lipinski definition) is 4. The molecule has 23 heavy (non-hydrogen) atoms. The van der Waals surface area contributed by atoms with Crippen molar-refractivity contribution in [3.05, 3.63) is 35.9 Å². The Morgan fingerprint density at radius 3 is 2.35 bits per heavy atom. The maximum atomic E-state index is 13.0. The lowest BCUT2D eigenvalue weighted by Crippen LogP contribution is -2.50. The van der Waals surface area contributed by atoms with Gasteiger partial charge in [0.25, 0.3) is 0 Å². The predicted octanol–water partition coefficient (Wildman–Crippen LogP) is 2.87. The minimum atomic E-state index is -4.67. The number of carboxylic acid groups (broad SMARTS) is 1. The van der Waals surface area contributed by atoms with Gasteiger partial charge in [-0.1, -0.05) is 42.1 Å². The molecule has 0 saturated heterocycles. The number of carboxylic acids is 1. The summed E-state index contributed by atoms with van der Waals surface area (Å²) in [7, 11) is 0. The fraction of sp³-hybridized carbons (Fsp3) is 0.467. The molecule has 0 fully saturated rings. The summed E-state index contributed by atoms with van der Waals surface area (Å²) < 4.78 is 38.9. The van der Waals surface area contributed by atoms with Gasteiger partial charge in [0.05, 0.1) is 6.42 Å². The molecule has 0 bridgehead atoms. The van der Waals surface area contributed by atoms with Crippen LogP contribution < -0.4 is 5.32 Å². The van der Waals surface area contributed by atoms with E-state index in [-0.39, 0.29) is 17.3 Å². The molecule has 8 heteroatoms. The molecule has 2 N–H and O–H groups in total. The van der Waals surface area contributed by atoms with E-state index in [1.54, 1.807) is 30.3 Å². The molecule has 2 atom stereocenters. The molecule has 0 aliphatic carbocycles. The lowest BCUT2D eigenvalue weighted by molar-refractivity contribution is -0.168. The monoisotopic (exact) mass is 349 g/mol. The lowest BCUT2D eigenvalue weighted by Gasteiger charge is -2.26. The SMILES string of the molecule is CC(=O)SC[C@@H](Cc1ccccc1)N[C@H](CC(=O)O)C(F)(F)F. The van der Waals surface area contributed by atoms with Crippen LogP contribution in [-0.2, 0) is 16.0 Å². The third-order valence-electron chi connectivity index (χ3n) is 3.02. The van der Waals surface area contributed by atoms with Gasteiger partial charge in [-0.05, 0) is 12.0 Å². The Morgan fingerprint density at radius 2 is 1.87 bits per heavy atom. The van der Waals surface area contributed by atoms with Gasteiger partial charge in [0.1, 0.15) is 6.04 Å². The number of aliphatic carboxylic acids is 1. The molecule has 0 saturated carbocycles. The number of nitrogens with one attached hydrogen (secondary N) is 1. The van der Waals surface area contributed by atoms with E-state index in [1.165, 1.54) is 6.92 Å². The van der Waals surface area contributed by atoms with Gasteiger partial charge in [0.2, 0.25) is 0 Å². The first-order chi connectivity index (χ1) is 10.7. The molecule has 4 nitrogen and oxygen atoms in total. The minimum absolute atomic E-state index is 0.135. The highest BCUT2D eigenvalue weighted by atomic mass is 32.2. The molecule has 1 rings (SSSR count). The third-order valence-corrected chi connectivity index (χ3v) is 4.00. The quantitative estimate of drug-likeness (QED) is 0.755. The number of carbonyl (C=O) groups is 2. The van der Waals surface area contributed by atoms with Gasteiger partial charge in [0.15, 0.2) is 5.12 Å². The van der Waals surface area contributed by atoms with Crippen LogP contribution in [0.3, 0.4) is 0 Å². The topological polar surface area (TPSA) is 66.4 Å². The van der Waals surface area contributed by atoms with Gasteiger partial charge in [0, 0.05) is 18.7 Å². The second-order valence-corrected chi connectivity index (χ2v) is 6.24. The molecule has 0 spiro atoms. The van der Waals surface area contributed by atoms with Crippen LogP contribution in [-0.4, -0.2) is 40.2 Å². The van der Waals surface area contributed by atoms with Crippen LogP contribution in [0.4, 0.5) is 13.2 Å². The van der Waals surface area contributed by atoms with E-state index >= 15 is 0 Å². The minimum Gasteiger partial charge on any atom is -0.481 e. The first-order valence-electron chi connectivity index (χ1n) is 6.90. The normalized spacial score (nSPS) is 14.3. The summed E-state index contributed by atoms with van der Waals surface area (Å²) in [5.41, 5.74) is 0.811. The highest BCUT2D eigenvalue weighted by molar-refractivity contribution is 8.13. The number of halogens is 3. The maximum Gasteiger partial charge on any atom is 0.404 e. The Kier molecular flexibility index (Phi) is 7.57. The number of hydrogen-bond donors (Lipinski definition) is 2. The van der Waals surface area contributed by atoms with Crippen molar-refractivity contribution in [2.45, 2.75) is 38.0 Å². The van der Waals surface area contributed by atoms with Gasteiger partial charge in [-0.25, -0.2) is 0 Å². The second-order valence-electron chi connectivity index (χ2n) is 5.05. The van der Waals surface area contributed by atoms with Crippen molar-refractivity contribution < 1.29 is 27.9 Å². The van der Waals surface area contributed by atoms with Crippen molar-refractivity contribution in [2.24, 2.45) is 0 Å². The summed E-state index contributed by atoms with van der Waals surface area (Å²) in [6.45, 7) is 1.34. The maximum absolute atomic E-state index is 13.0. The van der Waals surface area contributed by atoms with E-state index in [4.69, 9.17) is 5.11 Å². The van der Waals surface area contributed by atoms with Crippen LogP contribution in [0.2, 0.25) is 0 Å². The number of benzene rings is 1. The molecule has 0 aliphatic rings. The summed E-state index contributed by atoms with van der Waals surface area (Å²) in [4.78, 5) is 21.7. The van der Waals surface area contributed by atoms with E-state index in [1.807, 2.05) is 0 Å². The van der Waals surface area contributed by atoms with E-state index in [2.05, 4.69) is 5.32 Å². The van der Waals surface area contributed by atoms with Crippen LogP contribution in [0.5, 0.6) is 0 Å². The van der Waals surface area contributed by atoms with Crippen LogP contribution in [0, 0.1) is 0 Å². The van der Waals surface area contributed by atoms with Crippen molar-refractivity contribution in [3.63, 3.8) is 0 Å². The van der Waals surface area contributed by atoms with Gasteiger partial charge < -0.3 is 10.4 Å². The molecule has 1 aromatic carbocycles. The summed E-state index contributed by atoms with van der Waals surface area (Å²) in [6, 6.07) is 6.05. The first kappa shape index (κ1) is 19.5. The Bertz CT molecular complexity index is 522. The zero-order chi connectivity index (χ0) is 17.5. The Hall–Kier alpha value is -1.54. The van der Waals surface area contributed by atoms with E-state index < -0.39 is 30.7 Å². The molecule has 0 aromatic heterocycles. The van der Waals surface area contributed by atoms with Crippen molar-refractivity contribution in [2.75, 3.05) is 5.75 Å².